The van der Waals surface area contributed by atoms with Gasteiger partial charge in [-0.05, 0) is 25.0 Å². The predicted molar refractivity (Wildman–Crippen MR) is 49.3 cm³/mol. The highest BCUT2D eigenvalue weighted by molar-refractivity contribution is 5.69. The van der Waals surface area contributed by atoms with Gasteiger partial charge in [-0.3, -0.25) is 9.78 Å². The molecule has 0 aliphatic heterocycles. The van der Waals surface area contributed by atoms with Crippen LogP contribution in [0.4, 0.5) is 0 Å². The average molecular weight is 179 g/mol. The van der Waals surface area contributed by atoms with Crippen molar-refractivity contribution in [2.45, 2.75) is 19.8 Å². The molecule has 70 valence electrons. The first kappa shape index (κ1) is 9.71. The van der Waals surface area contributed by atoms with Crippen LogP contribution in [-0.2, 0) is 16.0 Å². The van der Waals surface area contributed by atoms with Gasteiger partial charge in [0.15, 0.2) is 0 Å². The summed E-state index contributed by atoms with van der Waals surface area (Å²) in [6.45, 7) is 1.93. The van der Waals surface area contributed by atoms with E-state index in [1.54, 1.807) is 6.20 Å². The third-order valence-electron chi connectivity index (χ3n) is 1.82. The number of ether oxygens (including phenoxy) is 1. The van der Waals surface area contributed by atoms with Crippen LogP contribution in [0.1, 0.15) is 17.7 Å². The van der Waals surface area contributed by atoms with Crippen molar-refractivity contribution in [2.75, 3.05) is 7.11 Å². The normalized spacial score (nSPS) is 9.69. The lowest BCUT2D eigenvalue weighted by Crippen LogP contribution is -2.02. The van der Waals surface area contributed by atoms with Gasteiger partial charge in [0.2, 0.25) is 0 Å². The first-order chi connectivity index (χ1) is 6.22. The molecule has 1 rings (SSSR count). The zero-order valence-electron chi connectivity index (χ0n) is 7.91. The Hall–Kier alpha value is -1.38. The molecule has 0 amide bonds. The van der Waals surface area contributed by atoms with E-state index in [0.29, 0.717) is 12.8 Å². The number of hydrogen-bond donors (Lipinski definition) is 0. The molecule has 0 aromatic carbocycles. The van der Waals surface area contributed by atoms with Crippen molar-refractivity contribution >= 4 is 5.97 Å². The second-order valence-corrected chi connectivity index (χ2v) is 2.88. The molecule has 0 spiro atoms. The number of aryl methyl sites for hydroxylation is 2. The largest absolute Gasteiger partial charge is 0.469 e. The SMILES string of the molecule is COC(=O)CCc1ccc(C)nc1. The Morgan fingerprint density at radius 1 is 1.54 bits per heavy atom. The van der Waals surface area contributed by atoms with Crippen molar-refractivity contribution in [2.24, 2.45) is 0 Å². The Bertz CT molecular complexity index is 279. The van der Waals surface area contributed by atoms with Crippen molar-refractivity contribution in [1.82, 2.24) is 4.98 Å². The van der Waals surface area contributed by atoms with E-state index in [9.17, 15) is 4.79 Å². The van der Waals surface area contributed by atoms with Gasteiger partial charge >= 0.3 is 5.97 Å². The van der Waals surface area contributed by atoms with E-state index in [1.165, 1.54) is 7.11 Å². The van der Waals surface area contributed by atoms with Gasteiger partial charge in [0, 0.05) is 18.3 Å². The standard InChI is InChI=1S/C10H13NO2/c1-8-3-4-9(7-11-8)5-6-10(12)13-2/h3-4,7H,5-6H2,1-2H3. The molecule has 0 N–H and O–H groups in total. The van der Waals surface area contributed by atoms with Crippen LogP contribution in [0, 0.1) is 6.92 Å². The van der Waals surface area contributed by atoms with E-state index in [4.69, 9.17) is 0 Å². The van der Waals surface area contributed by atoms with E-state index >= 15 is 0 Å². The van der Waals surface area contributed by atoms with Crippen LogP contribution in [0.5, 0.6) is 0 Å². The van der Waals surface area contributed by atoms with Crippen LogP contribution >= 0.6 is 0 Å². The summed E-state index contributed by atoms with van der Waals surface area (Å²) in [5.74, 6) is -0.180. The first-order valence-electron chi connectivity index (χ1n) is 4.20. The zero-order chi connectivity index (χ0) is 9.68. The quantitative estimate of drug-likeness (QED) is 0.660. The highest BCUT2D eigenvalue weighted by atomic mass is 16.5. The molecule has 1 aromatic rings. The summed E-state index contributed by atoms with van der Waals surface area (Å²) in [5.41, 5.74) is 2.05. The molecule has 0 aliphatic carbocycles. The van der Waals surface area contributed by atoms with Crippen molar-refractivity contribution < 1.29 is 9.53 Å². The molecule has 3 nitrogen and oxygen atoms in total. The Labute approximate surface area is 77.8 Å². The molecule has 0 saturated heterocycles. The first-order valence-corrected chi connectivity index (χ1v) is 4.20. The Kier molecular flexibility index (Phi) is 3.43. The van der Waals surface area contributed by atoms with Gasteiger partial charge < -0.3 is 4.74 Å². The summed E-state index contributed by atoms with van der Waals surface area (Å²) in [6.07, 6.45) is 2.90. The maximum absolute atomic E-state index is 10.8. The number of nitrogens with zero attached hydrogens (tertiary/aromatic N) is 1. The van der Waals surface area contributed by atoms with Gasteiger partial charge in [-0.15, -0.1) is 0 Å². The summed E-state index contributed by atoms with van der Waals surface area (Å²) >= 11 is 0. The highest BCUT2D eigenvalue weighted by Crippen LogP contribution is 2.03. The van der Waals surface area contributed by atoms with Crippen LogP contribution in [0.2, 0.25) is 0 Å². The van der Waals surface area contributed by atoms with Gasteiger partial charge in [0.05, 0.1) is 7.11 Å². The second-order valence-electron chi connectivity index (χ2n) is 2.88. The summed E-state index contributed by atoms with van der Waals surface area (Å²) < 4.78 is 4.54. The van der Waals surface area contributed by atoms with Gasteiger partial charge in [-0.25, -0.2) is 0 Å². The van der Waals surface area contributed by atoms with Crippen LogP contribution in [0.15, 0.2) is 18.3 Å². The van der Waals surface area contributed by atoms with Gasteiger partial charge in [0.25, 0.3) is 0 Å². The van der Waals surface area contributed by atoms with E-state index in [0.717, 1.165) is 11.3 Å². The van der Waals surface area contributed by atoms with Crippen molar-refractivity contribution in [3.8, 4) is 0 Å². The number of methoxy groups -OCH3 is 1. The predicted octanol–water partition coefficient (Wildman–Crippen LogP) is 1.50. The molecule has 0 radical (unpaired) electrons. The molecule has 0 aliphatic rings. The van der Waals surface area contributed by atoms with E-state index in [2.05, 4.69) is 9.72 Å². The summed E-state index contributed by atoms with van der Waals surface area (Å²) in [6, 6.07) is 3.91. The number of aromatic nitrogens is 1. The number of rotatable bonds is 3. The minimum Gasteiger partial charge on any atom is -0.469 e. The molecule has 13 heavy (non-hydrogen) atoms. The van der Waals surface area contributed by atoms with Crippen molar-refractivity contribution in [3.05, 3.63) is 29.6 Å². The lowest BCUT2D eigenvalue weighted by Gasteiger charge is -1.99. The lowest BCUT2D eigenvalue weighted by molar-refractivity contribution is -0.140. The van der Waals surface area contributed by atoms with E-state index in [-0.39, 0.29) is 5.97 Å². The fourth-order valence-electron chi connectivity index (χ4n) is 0.995. The maximum Gasteiger partial charge on any atom is 0.305 e. The van der Waals surface area contributed by atoms with Crippen LogP contribution in [-0.4, -0.2) is 18.1 Å². The maximum atomic E-state index is 10.8. The van der Waals surface area contributed by atoms with Crippen LogP contribution in [0.3, 0.4) is 0 Å². The topological polar surface area (TPSA) is 39.2 Å². The number of pyridine rings is 1. The molecule has 1 aromatic heterocycles. The monoisotopic (exact) mass is 179 g/mol. The zero-order valence-corrected chi connectivity index (χ0v) is 7.91. The van der Waals surface area contributed by atoms with E-state index in [1.807, 2.05) is 19.1 Å². The van der Waals surface area contributed by atoms with Gasteiger partial charge in [-0.1, -0.05) is 6.07 Å². The molecule has 0 unspecified atom stereocenters. The Balaban J connectivity index is 2.46. The highest BCUT2D eigenvalue weighted by Gasteiger charge is 2.00. The summed E-state index contributed by atoms with van der Waals surface area (Å²) in [4.78, 5) is 14.9. The fraction of sp³-hybridized carbons (Fsp3) is 0.400. The number of hydrogen-bond acceptors (Lipinski definition) is 3. The van der Waals surface area contributed by atoms with Gasteiger partial charge in [0.1, 0.15) is 0 Å². The van der Waals surface area contributed by atoms with Crippen LogP contribution in [0.25, 0.3) is 0 Å². The average Bonchev–Trinajstić information content (AvgIpc) is 2.16. The number of esters is 1. The molecular formula is C10H13NO2. The third kappa shape index (κ3) is 3.23. The molecular weight excluding hydrogens is 166 g/mol. The van der Waals surface area contributed by atoms with Crippen molar-refractivity contribution in [1.29, 1.82) is 0 Å². The molecule has 3 heteroatoms. The van der Waals surface area contributed by atoms with Crippen LogP contribution < -0.4 is 0 Å². The second kappa shape index (κ2) is 4.60. The Morgan fingerprint density at radius 3 is 2.85 bits per heavy atom. The Morgan fingerprint density at radius 2 is 2.31 bits per heavy atom. The number of carbonyl (C=O) groups excluding carboxylic acids is 1. The molecule has 0 atom stereocenters. The molecule has 1 heterocycles. The molecule has 0 fully saturated rings. The molecule has 0 saturated carbocycles. The molecule has 0 bridgehead atoms. The number of carbonyl (C=O) groups is 1. The van der Waals surface area contributed by atoms with Gasteiger partial charge in [-0.2, -0.15) is 0 Å². The minimum atomic E-state index is -0.180. The lowest BCUT2D eigenvalue weighted by atomic mass is 10.1. The smallest absolute Gasteiger partial charge is 0.305 e. The van der Waals surface area contributed by atoms with E-state index < -0.39 is 0 Å². The minimum absolute atomic E-state index is 0.180. The fourth-order valence-corrected chi connectivity index (χ4v) is 0.995. The third-order valence-corrected chi connectivity index (χ3v) is 1.82. The summed E-state index contributed by atoms with van der Waals surface area (Å²) in [7, 11) is 1.40. The van der Waals surface area contributed by atoms with Crippen molar-refractivity contribution in [3.63, 3.8) is 0 Å². The summed E-state index contributed by atoms with van der Waals surface area (Å²) in [5, 5.41) is 0.